The van der Waals surface area contributed by atoms with Crippen molar-refractivity contribution >= 4 is 17.6 Å². The van der Waals surface area contributed by atoms with Crippen LogP contribution in [0.1, 0.15) is 6.92 Å². The standard InChI is InChI=1S/C4H6ClO2.Zn/c1-2-7-4(6)3-5;/h3H,2H2,1H3;. The molecule has 43 valence electrons. The van der Waals surface area contributed by atoms with Crippen LogP contribution in [-0.4, -0.2) is 16.5 Å². The quantitative estimate of drug-likeness (QED) is 0.360. The molecule has 0 saturated carbocycles. The Morgan fingerprint density at radius 3 is 2.62 bits per heavy atom. The van der Waals surface area contributed by atoms with Crippen LogP contribution in [0, 0.1) is 0 Å². The van der Waals surface area contributed by atoms with Crippen molar-refractivity contribution in [1.82, 2.24) is 0 Å². The van der Waals surface area contributed by atoms with Crippen molar-refractivity contribution in [1.29, 1.82) is 0 Å². The van der Waals surface area contributed by atoms with E-state index in [0.29, 0.717) is 6.61 Å². The van der Waals surface area contributed by atoms with Gasteiger partial charge in [0.2, 0.25) is 0 Å². The molecule has 0 aromatic heterocycles. The van der Waals surface area contributed by atoms with E-state index in [1.807, 2.05) is 0 Å². The molecule has 1 unspecified atom stereocenters. The van der Waals surface area contributed by atoms with Crippen LogP contribution in [0.5, 0.6) is 0 Å². The normalized spacial score (nSPS) is 13.0. The summed E-state index contributed by atoms with van der Waals surface area (Å²) < 4.78 is 4.17. The molecule has 0 N–H and O–H groups in total. The molecule has 0 spiro atoms. The van der Waals surface area contributed by atoms with Crippen LogP contribution in [-0.2, 0) is 27.8 Å². The van der Waals surface area contributed by atoms with E-state index in [2.05, 4.69) is 4.74 Å². The molecule has 0 saturated heterocycles. The van der Waals surface area contributed by atoms with E-state index in [0.717, 1.165) is 18.3 Å². The van der Waals surface area contributed by atoms with Crippen LogP contribution >= 0.6 is 11.6 Å². The van der Waals surface area contributed by atoms with Gasteiger partial charge in [-0.1, -0.05) is 0 Å². The number of rotatable bonds is 2. The number of hydrogen-bond donors (Lipinski definition) is 0. The summed E-state index contributed by atoms with van der Waals surface area (Å²) in [6.07, 6.45) is 0. The summed E-state index contributed by atoms with van der Waals surface area (Å²) in [6, 6.07) is 0. The van der Waals surface area contributed by atoms with E-state index in [-0.39, 0.29) is 5.97 Å². The number of halogens is 1. The summed E-state index contributed by atoms with van der Waals surface area (Å²) in [5.74, 6) is -0.297. The first-order valence-corrected chi connectivity index (χ1v) is 4.47. The van der Waals surface area contributed by atoms with Gasteiger partial charge in [-0.25, -0.2) is 0 Å². The zero-order chi connectivity index (χ0) is 6.57. The van der Waals surface area contributed by atoms with Gasteiger partial charge in [0, 0.05) is 0 Å². The molecule has 0 radical (unpaired) electrons. The van der Waals surface area contributed by atoms with Crippen molar-refractivity contribution in [3.8, 4) is 0 Å². The number of carbonyl (C=O) groups is 1. The van der Waals surface area contributed by atoms with E-state index in [9.17, 15) is 4.79 Å². The predicted octanol–water partition coefficient (Wildman–Crippen LogP) is 0.661. The maximum atomic E-state index is 10.4. The van der Waals surface area contributed by atoms with Gasteiger partial charge in [0.05, 0.1) is 0 Å². The van der Waals surface area contributed by atoms with Gasteiger partial charge in [-0.2, -0.15) is 0 Å². The number of hydrogen-bond acceptors (Lipinski definition) is 2. The molecule has 0 aromatic carbocycles. The van der Waals surface area contributed by atoms with Gasteiger partial charge in [0.15, 0.2) is 0 Å². The Morgan fingerprint density at radius 1 is 2.00 bits per heavy atom. The summed E-state index contributed by atoms with van der Waals surface area (Å²) in [5, 5.41) is 0. The van der Waals surface area contributed by atoms with E-state index in [1.54, 1.807) is 6.92 Å². The summed E-state index contributed by atoms with van der Waals surface area (Å²) in [6.45, 7) is 2.18. The molecule has 0 amide bonds. The van der Waals surface area contributed by atoms with E-state index in [4.69, 9.17) is 11.6 Å². The second-order valence-electron chi connectivity index (χ2n) is 1.22. The Kier molecular flexibility index (Phi) is 4.49. The molecular weight excluding hydrogens is 181 g/mol. The zero-order valence-corrected chi connectivity index (χ0v) is 8.41. The Bertz CT molecular complexity index is 84.1. The Morgan fingerprint density at radius 2 is 2.50 bits per heavy atom. The van der Waals surface area contributed by atoms with Crippen molar-refractivity contribution in [3.63, 3.8) is 0 Å². The van der Waals surface area contributed by atoms with Gasteiger partial charge in [0.25, 0.3) is 0 Å². The summed E-state index contributed by atoms with van der Waals surface area (Å²) in [5.41, 5.74) is 0. The molecule has 1 atom stereocenters. The molecule has 4 heteroatoms. The summed E-state index contributed by atoms with van der Waals surface area (Å²) >= 11 is 6.14. The average Bonchev–Trinajstić information content (AvgIpc) is 1.67. The van der Waals surface area contributed by atoms with Crippen LogP contribution in [0.25, 0.3) is 0 Å². The first-order valence-electron chi connectivity index (χ1n) is 2.32. The third kappa shape index (κ3) is 3.39. The molecule has 0 bridgehead atoms. The molecule has 0 heterocycles. The van der Waals surface area contributed by atoms with Crippen LogP contribution < -0.4 is 0 Å². The third-order valence-corrected chi connectivity index (χ3v) is 1.42. The topological polar surface area (TPSA) is 26.3 Å². The van der Waals surface area contributed by atoms with Gasteiger partial charge in [-0.15, -0.1) is 0 Å². The minimum absolute atomic E-state index is 0.297. The molecule has 0 aliphatic heterocycles. The Balaban J connectivity index is 3.33. The minimum atomic E-state index is -0.394. The molecule has 2 nitrogen and oxygen atoms in total. The Hall–Kier alpha value is 0.383. The van der Waals surface area contributed by atoms with E-state index < -0.39 is 3.97 Å². The average molecular weight is 187 g/mol. The zero-order valence-electron chi connectivity index (χ0n) is 4.69. The van der Waals surface area contributed by atoms with Gasteiger partial charge in [0.1, 0.15) is 0 Å². The van der Waals surface area contributed by atoms with Crippen molar-refractivity contribution < 1.29 is 27.8 Å². The SMILES string of the molecule is CCOC(=O)[CH](Cl)[Zn]. The van der Waals surface area contributed by atoms with Crippen LogP contribution in [0.3, 0.4) is 0 Å². The van der Waals surface area contributed by atoms with Crippen LogP contribution in [0.15, 0.2) is 0 Å². The molecule has 8 heavy (non-hydrogen) atoms. The number of ether oxygens (including phenoxy) is 1. The second-order valence-corrected chi connectivity index (χ2v) is 4.55. The maximum absolute atomic E-state index is 10.4. The molecule has 0 fully saturated rings. The number of esters is 1. The van der Waals surface area contributed by atoms with Gasteiger partial charge >= 0.3 is 62.9 Å². The van der Waals surface area contributed by atoms with E-state index >= 15 is 0 Å². The van der Waals surface area contributed by atoms with Crippen molar-refractivity contribution in [2.45, 2.75) is 10.9 Å². The van der Waals surface area contributed by atoms with Crippen LogP contribution in [0.2, 0.25) is 0 Å². The van der Waals surface area contributed by atoms with Gasteiger partial charge in [-0.3, -0.25) is 0 Å². The van der Waals surface area contributed by atoms with Crippen molar-refractivity contribution in [3.05, 3.63) is 0 Å². The molecule has 0 aliphatic rings. The van der Waals surface area contributed by atoms with Gasteiger partial charge < -0.3 is 0 Å². The van der Waals surface area contributed by atoms with Crippen molar-refractivity contribution in [2.24, 2.45) is 0 Å². The van der Waals surface area contributed by atoms with Gasteiger partial charge in [-0.05, 0) is 0 Å². The molecule has 0 rings (SSSR count). The van der Waals surface area contributed by atoms with Crippen LogP contribution in [0.4, 0.5) is 0 Å². The summed E-state index contributed by atoms with van der Waals surface area (Å²) in [4.78, 5) is 10.4. The predicted molar refractivity (Wildman–Crippen MR) is 26.3 cm³/mol. The fourth-order valence-corrected chi connectivity index (χ4v) is 0.543. The molecule has 0 aliphatic carbocycles. The molecular formula is C4H6ClO2Zn. The second kappa shape index (κ2) is 4.28. The first kappa shape index (κ1) is 8.38. The molecule has 0 aromatic rings. The monoisotopic (exact) mass is 185 g/mol. The fraction of sp³-hybridized carbons (Fsp3) is 0.750. The van der Waals surface area contributed by atoms with Crippen molar-refractivity contribution in [2.75, 3.05) is 6.61 Å². The summed E-state index contributed by atoms with van der Waals surface area (Å²) in [7, 11) is 0. The third-order valence-electron chi connectivity index (χ3n) is 0.542. The fourth-order valence-electron chi connectivity index (χ4n) is 0.233. The Labute approximate surface area is 63.2 Å². The number of carbonyl (C=O) groups excluding carboxylic acids is 1. The van der Waals surface area contributed by atoms with E-state index in [1.165, 1.54) is 0 Å². The number of alkyl halides is 1. The first-order chi connectivity index (χ1) is 3.68.